The first-order valence-electron chi connectivity index (χ1n) is 12.4. The summed E-state index contributed by atoms with van der Waals surface area (Å²) in [5.41, 5.74) is -1.64. The summed E-state index contributed by atoms with van der Waals surface area (Å²) in [6.45, 7) is 4.13. The van der Waals surface area contributed by atoms with E-state index in [2.05, 4.69) is 13.8 Å². The number of benzene rings is 2. The van der Waals surface area contributed by atoms with Crippen LogP contribution in [0.2, 0.25) is 0 Å². The molecule has 8 nitrogen and oxygen atoms in total. The van der Waals surface area contributed by atoms with Crippen LogP contribution < -0.4 is 0 Å². The fourth-order valence-corrected chi connectivity index (χ4v) is 5.29. The molecule has 2 aromatic carbocycles. The topological polar surface area (TPSA) is 132 Å². The van der Waals surface area contributed by atoms with Crippen LogP contribution in [0.5, 0.6) is 0 Å². The number of hydrogen-bond donors (Lipinski definition) is 1. The molecule has 0 saturated heterocycles. The van der Waals surface area contributed by atoms with Gasteiger partial charge in [-0.1, -0.05) is 89.5 Å². The molecule has 0 aliphatic heterocycles. The Morgan fingerprint density at radius 3 is 1.71 bits per heavy atom. The Hall–Kier alpha value is -2.65. The number of ketones is 2. The zero-order valence-electron chi connectivity index (χ0n) is 20.5. The summed E-state index contributed by atoms with van der Waals surface area (Å²) in [6, 6.07) is 5.81. The van der Waals surface area contributed by atoms with Gasteiger partial charge in [0.1, 0.15) is 5.56 Å². The van der Waals surface area contributed by atoms with Crippen molar-refractivity contribution >= 4 is 38.1 Å². The first kappa shape index (κ1) is 28.6. The van der Waals surface area contributed by atoms with Crippen molar-refractivity contribution in [2.45, 2.75) is 95.8 Å². The van der Waals surface area contributed by atoms with Gasteiger partial charge in [0.05, 0.1) is 4.92 Å². The van der Waals surface area contributed by atoms with Crippen molar-refractivity contribution in [2.75, 3.05) is 0 Å². The van der Waals surface area contributed by atoms with Gasteiger partial charge in [-0.3, -0.25) is 24.3 Å². The highest BCUT2D eigenvalue weighted by molar-refractivity contribution is 7.86. The standard InChI is InChI=1S/C26H35NO7S/c1-3-5-7-9-11-17-21(28)23-19-15-13-14-16-20(19)26(35(32,33)34)25(27(30)31)24(23)22(29)18-12-10-8-6-4-2/h13-16H,3-12,17-18H2,1-2H3,(H,32,33,34). The van der Waals surface area contributed by atoms with Crippen LogP contribution in [-0.4, -0.2) is 29.5 Å². The predicted octanol–water partition coefficient (Wildman–Crippen LogP) is 7.08. The molecule has 0 bridgehead atoms. The van der Waals surface area contributed by atoms with Crippen LogP contribution in [0.15, 0.2) is 29.2 Å². The lowest BCUT2D eigenvalue weighted by molar-refractivity contribution is -0.387. The van der Waals surface area contributed by atoms with Gasteiger partial charge in [-0.25, -0.2) is 0 Å². The van der Waals surface area contributed by atoms with E-state index >= 15 is 0 Å². The normalized spacial score (nSPS) is 11.6. The van der Waals surface area contributed by atoms with Crippen molar-refractivity contribution in [3.63, 3.8) is 0 Å². The smallest absolute Gasteiger partial charge is 0.294 e. The van der Waals surface area contributed by atoms with Gasteiger partial charge < -0.3 is 0 Å². The molecule has 0 spiro atoms. The van der Waals surface area contributed by atoms with E-state index < -0.39 is 42.8 Å². The number of carbonyl (C=O) groups is 2. The molecule has 9 heteroatoms. The van der Waals surface area contributed by atoms with Crippen molar-refractivity contribution < 1.29 is 27.5 Å². The molecule has 192 valence electrons. The van der Waals surface area contributed by atoms with Gasteiger partial charge in [0.2, 0.25) is 0 Å². The zero-order chi connectivity index (χ0) is 26.0. The van der Waals surface area contributed by atoms with Gasteiger partial charge in [0.25, 0.3) is 0 Å². The minimum absolute atomic E-state index is 0.0510. The largest absolute Gasteiger partial charge is 0.302 e. The number of hydrogen-bond acceptors (Lipinski definition) is 6. The third-order valence-corrected chi connectivity index (χ3v) is 7.09. The number of Topliss-reactive ketones (excluding diaryl/α,β-unsaturated/α-hetero) is 2. The van der Waals surface area contributed by atoms with Gasteiger partial charge in [0.15, 0.2) is 16.5 Å². The van der Waals surface area contributed by atoms with Crippen molar-refractivity contribution in [1.29, 1.82) is 0 Å². The average Bonchev–Trinajstić information content (AvgIpc) is 2.81. The monoisotopic (exact) mass is 505 g/mol. The fraction of sp³-hybridized carbons (Fsp3) is 0.538. The Morgan fingerprint density at radius 2 is 1.26 bits per heavy atom. The van der Waals surface area contributed by atoms with Crippen LogP contribution in [0.4, 0.5) is 5.69 Å². The maximum atomic E-state index is 13.4. The fourth-order valence-electron chi connectivity index (χ4n) is 4.42. The van der Waals surface area contributed by atoms with Crippen LogP contribution in [0.1, 0.15) is 112 Å². The highest BCUT2D eigenvalue weighted by Gasteiger charge is 2.38. The SMILES string of the molecule is CCCCCCCC(=O)c1c([N+](=O)[O-])c(S(=O)(=O)O)c2ccccc2c1C(=O)CCCCCCC. The average molecular weight is 506 g/mol. The van der Waals surface area contributed by atoms with Crippen LogP contribution in [-0.2, 0) is 10.1 Å². The number of unbranched alkanes of at least 4 members (excludes halogenated alkanes) is 8. The second kappa shape index (κ2) is 13.4. The number of nitro groups is 1. The molecule has 0 atom stereocenters. The maximum Gasteiger partial charge on any atom is 0.302 e. The number of fused-ring (bicyclic) bond motifs is 1. The summed E-state index contributed by atoms with van der Waals surface area (Å²) < 4.78 is 34.5. The van der Waals surface area contributed by atoms with E-state index in [4.69, 9.17) is 0 Å². The lowest BCUT2D eigenvalue weighted by atomic mass is 9.88. The van der Waals surface area contributed by atoms with Gasteiger partial charge in [0, 0.05) is 23.8 Å². The molecule has 2 aromatic rings. The van der Waals surface area contributed by atoms with E-state index in [0.717, 1.165) is 51.4 Å². The van der Waals surface area contributed by atoms with E-state index in [0.29, 0.717) is 12.8 Å². The van der Waals surface area contributed by atoms with E-state index in [-0.39, 0.29) is 29.2 Å². The van der Waals surface area contributed by atoms with Crippen LogP contribution >= 0.6 is 0 Å². The summed E-state index contributed by atoms with van der Waals surface area (Å²) in [5, 5.41) is 12.1. The third kappa shape index (κ3) is 7.41. The quantitative estimate of drug-likeness (QED) is 0.0847. The Kier molecular flexibility index (Phi) is 11.0. The van der Waals surface area contributed by atoms with Crippen LogP contribution in [0, 0.1) is 10.1 Å². The minimum Gasteiger partial charge on any atom is -0.294 e. The molecular formula is C26H35NO7S. The summed E-state index contributed by atoms with van der Waals surface area (Å²) in [4.78, 5) is 36.9. The van der Waals surface area contributed by atoms with Crippen LogP contribution in [0.3, 0.4) is 0 Å². The van der Waals surface area contributed by atoms with Crippen LogP contribution in [0.25, 0.3) is 10.8 Å². The van der Waals surface area contributed by atoms with Crippen molar-refractivity contribution in [2.24, 2.45) is 0 Å². The number of rotatable bonds is 16. The highest BCUT2D eigenvalue weighted by Crippen LogP contribution is 2.40. The second-order valence-electron chi connectivity index (χ2n) is 8.88. The zero-order valence-corrected chi connectivity index (χ0v) is 21.4. The maximum absolute atomic E-state index is 13.4. The third-order valence-electron chi connectivity index (χ3n) is 6.16. The van der Waals surface area contributed by atoms with E-state index in [1.807, 2.05) is 0 Å². The Morgan fingerprint density at radius 1 is 0.800 bits per heavy atom. The number of nitro benzene ring substituents is 1. The van der Waals surface area contributed by atoms with Gasteiger partial charge in [-0.15, -0.1) is 0 Å². The van der Waals surface area contributed by atoms with Crippen molar-refractivity contribution in [1.82, 2.24) is 0 Å². The van der Waals surface area contributed by atoms with Gasteiger partial charge >= 0.3 is 15.8 Å². The predicted molar refractivity (Wildman–Crippen MR) is 136 cm³/mol. The molecule has 0 aromatic heterocycles. The molecule has 1 N–H and O–H groups in total. The van der Waals surface area contributed by atoms with E-state index in [9.17, 15) is 32.7 Å². The van der Waals surface area contributed by atoms with Crippen molar-refractivity contribution in [3.05, 3.63) is 45.5 Å². The molecule has 0 radical (unpaired) electrons. The highest BCUT2D eigenvalue weighted by atomic mass is 32.2. The number of carbonyl (C=O) groups excluding carboxylic acids is 2. The van der Waals surface area contributed by atoms with E-state index in [1.54, 1.807) is 6.07 Å². The summed E-state index contributed by atoms with van der Waals surface area (Å²) in [7, 11) is -5.07. The molecule has 0 aliphatic rings. The molecular weight excluding hydrogens is 470 g/mol. The summed E-state index contributed by atoms with van der Waals surface area (Å²) >= 11 is 0. The molecule has 0 fully saturated rings. The second-order valence-corrected chi connectivity index (χ2v) is 10.2. The Labute approximate surface area is 207 Å². The molecule has 0 aliphatic carbocycles. The summed E-state index contributed by atoms with van der Waals surface area (Å²) in [5.74, 6) is -1.09. The Bertz CT molecular complexity index is 1170. The molecule has 0 saturated carbocycles. The minimum atomic E-state index is -5.07. The molecule has 0 unspecified atom stereocenters. The van der Waals surface area contributed by atoms with E-state index in [1.165, 1.54) is 18.2 Å². The number of nitrogens with zero attached hydrogens (tertiary/aromatic N) is 1. The first-order valence-corrected chi connectivity index (χ1v) is 13.9. The Balaban J connectivity index is 2.68. The lowest BCUT2D eigenvalue weighted by Gasteiger charge is -2.15. The lowest BCUT2D eigenvalue weighted by Crippen LogP contribution is -2.17. The molecule has 35 heavy (non-hydrogen) atoms. The molecule has 0 heterocycles. The first-order chi connectivity index (χ1) is 16.6. The van der Waals surface area contributed by atoms with Gasteiger partial charge in [-0.2, -0.15) is 8.42 Å². The molecule has 2 rings (SSSR count). The van der Waals surface area contributed by atoms with Crippen molar-refractivity contribution in [3.8, 4) is 0 Å². The van der Waals surface area contributed by atoms with Gasteiger partial charge in [-0.05, 0) is 18.2 Å². The molecule has 0 amide bonds. The summed E-state index contributed by atoms with van der Waals surface area (Å²) in [6.07, 6.45) is 8.57.